The third kappa shape index (κ3) is 7.41. The molecular weight excluding hydrogens is 436 g/mol. The number of aliphatic hydroxyl groups excluding tert-OH is 1. The molecule has 6 heteroatoms. The third-order valence-electron chi connectivity index (χ3n) is 5.51. The molecule has 2 atom stereocenters. The number of halogens is 1. The normalized spacial score (nSPS) is 16.5. The Balaban J connectivity index is 1.32. The summed E-state index contributed by atoms with van der Waals surface area (Å²) in [6.07, 6.45) is 0.0420. The molecule has 1 heterocycles. The fourth-order valence-corrected chi connectivity index (χ4v) is 4.04. The maximum atomic E-state index is 10.7. The summed E-state index contributed by atoms with van der Waals surface area (Å²) in [5, 5.41) is 15.7. The number of hydrogen-bond donors (Lipinski definition) is 1. The molecule has 1 N–H and O–H groups in total. The highest BCUT2D eigenvalue weighted by Crippen LogP contribution is 2.20. The Morgan fingerprint density at radius 1 is 0.970 bits per heavy atom. The number of hydrogen-bond acceptors (Lipinski definition) is 5. The largest absolute Gasteiger partial charge is 0.390 e. The molecule has 0 aliphatic carbocycles. The average molecular weight is 465 g/mol. The lowest BCUT2D eigenvalue weighted by Crippen LogP contribution is -2.39. The zero-order valence-corrected chi connectivity index (χ0v) is 19.3. The Labute approximate surface area is 200 Å². The molecule has 0 radical (unpaired) electrons. The number of rotatable bonds is 11. The SMILES string of the molecule is OC(COCc1ccccc1)CN(Cc1ccccc1)CC1CC(c2ccc(Cl)cc2)=NO1. The molecule has 5 nitrogen and oxygen atoms in total. The van der Waals surface area contributed by atoms with Crippen molar-refractivity contribution >= 4 is 17.3 Å². The molecule has 1 aliphatic heterocycles. The van der Waals surface area contributed by atoms with Crippen molar-refractivity contribution in [1.29, 1.82) is 0 Å². The van der Waals surface area contributed by atoms with Crippen LogP contribution in [0.5, 0.6) is 0 Å². The summed E-state index contributed by atoms with van der Waals surface area (Å²) in [5.41, 5.74) is 4.22. The molecule has 3 aromatic carbocycles. The summed E-state index contributed by atoms with van der Waals surface area (Å²) >= 11 is 6.00. The summed E-state index contributed by atoms with van der Waals surface area (Å²) in [6, 6.07) is 27.9. The van der Waals surface area contributed by atoms with Crippen molar-refractivity contribution < 1.29 is 14.7 Å². The van der Waals surface area contributed by atoms with Crippen LogP contribution in [0, 0.1) is 0 Å². The predicted octanol–water partition coefficient (Wildman–Crippen LogP) is 4.91. The van der Waals surface area contributed by atoms with Gasteiger partial charge in [-0.2, -0.15) is 0 Å². The van der Waals surface area contributed by atoms with E-state index in [0.29, 0.717) is 37.7 Å². The van der Waals surface area contributed by atoms with Crippen LogP contribution in [0.1, 0.15) is 23.1 Å². The van der Waals surface area contributed by atoms with Gasteiger partial charge in [0.2, 0.25) is 0 Å². The molecule has 3 aromatic rings. The number of ether oxygens (including phenoxy) is 1. The standard InChI is InChI=1S/C27H29ClN2O3/c28-24-13-11-23(12-14-24)27-15-26(33-29-27)18-30(16-21-7-3-1-4-8-21)17-25(31)20-32-19-22-9-5-2-6-10-22/h1-14,25-26,31H,15-20H2. The second-order valence-electron chi connectivity index (χ2n) is 8.31. The van der Waals surface area contributed by atoms with Crippen LogP contribution in [0.4, 0.5) is 0 Å². The Hall–Kier alpha value is -2.70. The molecule has 0 amide bonds. The second kappa shape index (κ2) is 12.0. The highest BCUT2D eigenvalue weighted by Gasteiger charge is 2.25. The summed E-state index contributed by atoms with van der Waals surface area (Å²) in [6.45, 7) is 2.62. The van der Waals surface area contributed by atoms with Crippen molar-refractivity contribution in [2.24, 2.45) is 5.16 Å². The first-order chi connectivity index (χ1) is 16.2. The van der Waals surface area contributed by atoms with Gasteiger partial charge in [-0.3, -0.25) is 4.90 Å². The Kier molecular flexibility index (Phi) is 8.50. The third-order valence-corrected chi connectivity index (χ3v) is 5.76. The van der Waals surface area contributed by atoms with Gasteiger partial charge >= 0.3 is 0 Å². The van der Waals surface area contributed by atoms with Gasteiger partial charge in [0.15, 0.2) is 0 Å². The van der Waals surface area contributed by atoms with Crippen molar-refractivity contribution in [2.45, 2.75) is 31.8 Å². The van der Waals surface area contributed by atoms with Crippen molar-refractivity contribution in [2.75, 3.05) is 19.7 Å². The number of aliphatic hydroxyl groups is 1. The number of oxime groups is 1. The van der Waals surface area contributed by atoms with Crippen LogP contribution in [0.25, 0.3) is 0 Å². The fourth-order valence-electron chi connectivity index (χ4n) is 3.91. The molecule has 0 bridgehead atoms. The molecule has 0 fully saturated rings. The van der Waals surface area contributed by atoms with Crippen LogP contribution in [-0.4, -0.2) is 47.6 Å². The first kappa shape index (κ1) is 23.5. The topological polar surface area (TPSA) is 54.3 Å². The van der Waals surface area contributed by atoms with Gasteiger partial charge in [0.1, 0.15) is 6.10 Å². The maximum absolute atomic E-state index is 10.7. The van der Waals surface area contributed by atoms with E-state index in [0.717, 1.165) is 16.8 Å². The quantitative estimate of drug-likeness (QED) is 0.438. The van der Waals surface area contributed by atoms with Crippen LogP contribution in [-0.2, 0) is 22.7 Å². The second-order valence-corrected chi connectivity index (χ2v) is 8.75. The summed E-state index contributed by atoms with van der Waals surface area (Å²) in [4.78, 5) is 7.94. The van der Waals surface area contributed by atoms with Gasteiger partial charge < -0.3 is 14.7 Å². The van der Waals surface area contributed by atoms with Gasteiger partial charge in [-0.15, -0.1) is 0 Å². The highest BCUT2D eigenvalue weighted by atomic mass is 35.5. The lowest BCUT2D eigenvalue weighted by atomic mass is 10.0. The van der Waals surface area contributed by atoms with Crippen molar-refractivity contribution in [3.05, 3.63) is 107 Å². The summed E-state index contributed by atoms with van der Waals surface area (Å²) in [7, 11) is 0. The van der Waals surface area contributed by atoms with Crippen molar-refractivity contribution in [1.82, 2.24) is 4.90 Å². The highest BCUT2D eigenvalue weighted by molar-refractivity contribution is 6.30. The maximum Gasteiger partial charge on any atom is 0.145 e. The van der Waals surface area contributed by atoms with E-state index in [-0.39, 0.29) is 12.7 Å². The van der Waals surface area contributed by atoms with E-state index in [9.17, 15) is 5.11 Å². The number of benzene rings is 3. The van der Waals surface area contributed by atoms with Crippen LogP contribution in [0.3, 0.4) is 0 Å². The Bertz CT molecular complexity index is 1010. The predicted molar refractivity (Wildman–Crippen MR) is 131 cm³/mol. The minimum Gasteiger partial charge on any atom is -0.390 e. The van der Waals surface area contributed by atoms with Crippen LogP contribution in [0.2, 0.25) is 5.02 Å². The van der Waals surface area contributed by atoms with Gasteiger partial charge in [-0.1, -0.05) is 89.6 Å². The Morgan fingerprint density at radius 2 is 1.64 bits per heavy atom. The molecule has 2 unspecified atom stereocenters. The lowest BCUT2D eigenvalue weighted by molar-refractivity contribution is -0.00648. The summed E-state index contributed by atoms with van der Waals surface area (Å²) < 4.78 is 5.75. The van der Waals surface area contributed by atoms with Gasteiger partial charge in [-0.05, 0) is 28.8 Å². The molecule has 0 aromatic heterocycles. The smallest absolute Gasteiger partial charge is 0.145 e. The molecule has 0 spiro atoms. The van der Waals surface area contributed by atoms with E-state index in [4.69, 9.17) is 21.2 Å². The van der Waals surface area contributed by atoms with E-state index in [1.165, 1.54) is 5.56 Å². The van der Waals surface area contributed by atoms with Gasteiger partial charge in [-0.25, -0.2) is 0 Å². The number of nitrogens with zero attached hydrogens (tertiary/aromatic N) is 2. The van der Waals surface area contributed by atoms with E-state index >= 15 is 0 Å². The van der Waals surface area contributed by atoms with E-state index in [1.54, 1.807) is 0 Å². The van der Waals surface area contributed by atoms with E-state index in [2.05, 4.69) is 22.2 Å². The molecule has 1 aliphatic rings. The summed E-state index contributed by atoms with van der Waals surface area (Å²) in [5.74, 6) is 0. The van der Waals surface area contributed by atoms with Gasteiger partial charge in [0.25, 0.3) is 0 Å². The van der Waals surface area contributed by atoms with Crippen molar-refractivity contribution in [3.63, 3.8) is 0 Å². The van der Waals surface area contributed by atoms with Gasteiger partial charge in [0.05, 0.1) is 25.0 Å². The lowest BCUT2D eigenvalue weighted by Gasteiger charge is -2.27. The van der Waals surface area contributed by atoms with E-state index in [1.807, 2.05) is 72.8 Å². The first-order valence-corrected chi connectivity index (χ1v) is 11.6. The molecule has 172 valence electrons. The fraction of sp³-hybridized carbons (Fsp3) is 0.296. The van der Waals surface area contributed by atoms with Gasteiger partial charge in [0, 0.05) is 31.1 Å². The molecule has 0 saturated heterocycles. The minimum atomic E-state index is -0.601. The monoisotopic (exact) mass is 464 g/mol. The molecule has 4 rings (SSSR count). The minimum absolute atomic E-state index is 0.0724. The van der Waals surface area contributed by atoms with Crippen LogP contribution < -0.4 is 0 Å². The van der Waals surface area contributed by atoms with Crippen LogP contribution >= 0.6 is 11.6 Å². The Morgan fingerprint density at radius 3 is 2.33 bits per heavy atom. The molecular formula is C27H29ClN2O3. The van der Waals surface area contributed by atoms with E-state index < -0.39 is 6.10 Å². The zero-order valence-electron chi connectivity index (χ0n) is 18.5. The van der Waals surface area contributed by atoms with Crippen molar-refractivity contribution in [3.8, 4) is 0 Å². The molecule has 0 saturated carbocycles. The zero-order chi connectivity index (χ0) is 22.9. The van der Waals surface area contributed by atoms with Crippen LogP contribution in [0.15, 0.2) is 90.1 Å². The molecule has 33 heavy (non-hydrogen) atoms. The average Bonchev–Trinajstić information content (AvgIpc) is 3.29. The first-order valence-electron chi connectivity index (χ1n) is 11.2.